The van der Waals surface area contributed by atoms with E-state index >= 15 is 4.39 Å². The third-order valence-electron chi connectivity index (χ3n) is 8.91. The number of benzene rings is 2. The molecule has 2 N–H and O–H groups in total. The Labute approximate surface area is 255 Å². The number of hydrogen-bond acceptors (Lipinski definition) is 7. The molecule has 3 atom stereocenters. The van der Waals surface area contributed by atoms with Gasteiger partial charge in [-0.1, -0.05) is 6.07 Å². The first-order valence-electron chi connectivity index (χ1n) is 14.7. The monoisotopic (exact) mass is 623 g/mol. The van der Waals surface area contributed by atoms with Crippen LogP contribution in [0.25, 0.3) is 10.9 Å². The number of halogens is 3. The second-order valence-corrected chi connectivity index (χ2v) is 12.4. The van der Waals surface area contributed by atoms with E-state index in [9.17, 15) is 33.5 Å². The number of aromatic nitrogens is 2. The fourth-order valence-corrected chi connectivity index (χ4v) is 6.34. The van der Waals surface area contributed by atoms with Gasteiger partial charge in [0.25, 0.3) is 11.5 Å². The molecule has 3 heterocycles. The fraction of sp³-hybridized carbons (Fsp3) is 0.452. The molecule has 14 heteroatoms. The average Bonchev–Trinajstić information content (AvgIpc) is 3.60. The lowest BCUT2D eigenvalue weighted by atomic mass is 9.94. The number of anilines is 1. The molecule has 3 aromatic rings. The first-order valence-corrected chi connectivity index (χ1v) is 14.7. The number of aliphatic imine (C=N–C) groups is 1. The molecular formula is C31H32F3N7O4. The average molecular weight is 624 g/mol. The van der Waals surface area contributed by atoms with Gasteiger partial charge in [0, 0.05) is 49.6 Å². The van der Waals surface area contributed by atoms with Crippen LogP contribution >= 0.6 is 0 Å². The maximum absolute atomic E-state index is 15.4. The Kier molecular flexibility index (Phi) is 7.27. The van der Waals surface area contributed by atoms with Crippen molar-refractivity contribution in [3.8, 4) is 6.07 Å². The van der Waals surface area contributed by atoms with Gasteiger partial charge in [0.05, 0.1) is 46.3 Å². The van der Waals surface area contributed by atoms with Gasteiger partial charge in [0.1, 0.15) is 5.82 Å². The van der Waals surface area contributed by atoms with Gasteiger partial charge in [-0.3, -0.25) is 13.9 Å². The third kappa shape index (κ3) is 5.24. The standard InChI is InChI=1S/C31H32F3N7O4/c1-17(2)41-26-11-23(32)25(10-21(26)27(42)39(29(41)44)14-19-12-31(19,33)34)37-28(43)38-8-4-5-20(15-38)40-16-36-24-9-18(13-35)6-7-22(24)30(40,3)45/h6-7,9-11,16-17,19-20,45H,4-5,8,12,14-15H2,1-3H3,(H,37,43)/t19?,20-,30?/m1/s1. The highest BCUT2D eigenvalue weighted by Crippen LogP contribution is 2.49. The summed E-state index contributed by atoms with van der Waals surface area (Å²) in [6.07, 6.45) is 2.28. The number of rotatable bonds is 5. The molecule has 1 saturated heterocycles. The number of piperidine rings is 1. The maximum atomic E-state index is 15.4. The van der Waals surface area contributed by atoms with Crippen molar-refractivity contribution in [3.63, 3.8) is 0 Å². The van der Waals surface area contributed by atoms with Crippen LogP contribution in [0.15, 0.2) is 44.9 Å². The number of hydrogen-bond donors (Lipinski definition) is 2. The molecule has 0 radical (unpaired) electrons. The highest BCUT2D eigenvalue weighted by molar-refractivity contribution is 5.93. The Bertz CT molecular complexity index is 1910. The summed E-state index contributed by atoms with van der Waals surface area (Å²) in [5.74, 6) is -4.96. The van der Waals surface area contributed by atoms with Crippen molar-refractivity contribution in [1.82, 2.24) is 18.9 Å². The first-order chi connectivity index (χ1) is 21.2. The summed E-state index contributed by atoms with van der Waals surface area (Å²) in [4.78, 5) is 47.5. The zero-order valence-electron chi connectivity index (χ0n) is 24.9. The van der Waals surface area contributed by atoms with Crippen molar-refractivity contribution in [1.29, 1.82) is 5.26 Å². The van der Waals surface area contributed by atoms with E-state index in [1.165, 1.54) is 15.8 Å². The number of alkyl halides is 2. The van der Waals surface area contributed by atoms with Gasteiger partial charge in [-0.25, -0.2) is 27.8 Å². The lowest BCUT2D eigenvalue weighted by molar-refractivity contribution is -0.0857. The van der Waals surface area contributed by atoms with Crippen LogP contribution in [-0.4, -0.2) is 61.5 Å². The number of carbonyl (C=O) groups excluding carboxylic acids is 1. The minimum Gasteiger partial charge on any atom is -0.367 e. The third-order valence-corrected chi connectivity index (χ3v) is 8.91. The number of amides is 2. The second-order valence-electron chi connectivity index (χ2n) is 12.4. The lowest BCUT2D eigenvalue weighted by Gasteiger charge is -2.47. The Hall–Kier alpha value is -4.64. The molecule has 1 aromatic heterocycles. The van der Waals surface area contributed by atoms with Crippen molar-refractivity contribution in [3.05, 3.63) is 68.1 Å². The minimum absolute atomic E-state index is 0.00105. The molecule has 1 aliphatic carbocycles. The molecule has 2 aliphatic heterocycles. The zero-order chi connectivity index (χ0) is 32.4. The van der Waals surface area contributed by atoms with E-state index in [2.05, 4.69) is 16.4 Å². The summed E-state index contributed by atoms with van der Waals surface area (Å²) >= 11 is 0. The Morgan fingerprint density at radius 1 is 1.24 bits per heavy atom. The zero-order valence-corrected chi connectivity index (χ0v) is 24.9. The summed E-state index contributed by atoms with van der Waals surface area (Å²) in [5.41, 5.74) is -2.01. The summed E-state index contributed by atoms with van der Waals surface area (Å²) < 4.78 is 44.7. The number of nitriles is 1. The number of likely N-dealkylation sites (tertiary alicyclic amines) is 1. The highest BCUT2D eigenvalue weighted by atomic mass is 19.3. The lowest BCUT2D eigenvalue weighted by Crippen LogP contribution is -2.57. The number of nitrogens with one attached hydrogen (secondary N) is 1. The van der Waals surface area contributed by atoms with Crippen molar-refractivity contribution in [2.45, 2.75) is 70.3 Å². The molecule has 11 nitrogen and oxygen atoms in total. The quantitative estimate of drug-likeness (QED) is 0.436. The van der Waals surface area contributed by atoms with Crippen molar-refractivity contribution < 1.29 is 23.1 Å². The Morgan fingerprint density at radius 3 is 2.64 bits per heavy atom. The van der Waals surface area contributed by atoms with Gasteiger partial charge in [-0.15, -0.1) is 0 Å². The molecule has 2 fully saturated rings. The van der Waals surface area contributed by atoms with Crippen LogP contribution in [0.4, 0.5) is 29.3 Å². The van der Waals surface area contributed by atoms with E-state index in [-0.39, 0.29) is 29.2 Å². The molecule has 1 saturated carbocycles. The van der Waals surface area contributed by atoms with E-state index in [4.69, 9.17) is 0 Å². The fourth-order valence-electron chi connectivity index (χ4n) is 6.34. The van der Waals surface area contributed by atoms with Crippen LogP contribution in [0.3, 0.4) is 0 Å². The van der Waals surface area contributed by atoms with Gasteiger partial charge in [0.15, 0.2) is 5.72 Å². The smallest absolute Gasteiger partial charge is 0.331 e. The van der Waals surface area contributed by atoms with Gasteiger partial charge in [-0.05, 0) is 51.8 Å². The van der Waals surface area contributed by atoms with Crippen molar-refractivity contribution in [2.75, 3.05) is 18.4 Å². The number of nitrogens with zero attached hydrogens (tertiary/aromatic N) is 6. The molecule has 0 spiro atoms. The van der Waals surface area contributed by atoms with Crippen molar-refractivity contribution in [2.24, 2.45) is 10.9 Å². The number of fused-ring (bicyclic) bond motifs is 2. The number of urea groups is 1. The van der Waals surface area contributed by atoms with E-state index in [0.29, 0.717) is 36.2 Å². The summed E-state index contributed by atoms with van der Waals surface area (Å²) in [6, 6.07) is 7.54. The predicted molar refractivity (Wildman–Crippen MR) is 160 cm³/mol. The summed E-state index contributed by atoms with van der Waals surface area (Å²) in [6.45, 7) is 4.99. The topological polar surface area (TPSA) is 136 Å². The normalized spacial score (nSPS) is 23.6. The molecule has 2 unspecified atom stereocenters. The first kappa shape index (κ1) is 30.4. The van der Waals surface area contributed by atoms with E-state index in [1.54, 1.807) is 43.9 Å². The van der Waals surface area contributed by atoms with Crippen molar-refractivity contribution >= 4 is 34.6 Å². The molecule has 0 bridgehead atoms. The summed E-state index contributed by atoms with van der Waals surface area (Å²) in [7, 11) is 0. The second kappa shape index (κ2) is 10.8. The van der Waals surface area contributed by atoms with Gasteiger partial charge in [0.2, 0.25) is 0 Å². The molecule has 2 amide bonds. The van der Waals surface area contributed by atoms with E-state index in [1.807, 2.05) is 0 Å². The van der Waals surface area contributed by atoms with E-state index in [0.717, 1.165) is 16.7 Å². The van der Waals surface area contributed by atoms with E-state index < -0.39 is 59.7 Å². The number of carbonyl (C=O) groups is 1. The Balaban J connectivity index is 1.26. The van der Waals surface area contributed by atoms with Crippen LogP contribution in [0.1, 0.15) is 57.2 Å². The maximum Gasteiger partial charge on any atom is 0.331 e. The van der Waals surface area contributed by atoms with Crippen LogP contribution in [-0.2, 0) is 12.3 Å². The molecule has 3 aliphatic rings. The van der Waals surface area contributed by atoms with Gasteiger partial charge >= 0.3 is 11.7 Å². The van der Waals surface area contributed by atoms with Crippen LogP contribution in [0, 0.1) is 23.1 Å². The highest BCUT2D eigenvalue weighted by Gasteiger charge is 2.57. The Morgan fingerprint density at radius 2 is 1.98 bits per heavy atom. The molecule has 6 rings (SSSR count). The molecular weight excluding hydrogens is 591 g/mol. The summed E-state index contributed by atoms with van der Waals surface area (Å²) in [5, 5.41) is 23.2. The van der Waals surface area contributed by atoms with Crippen LogP contribution in [0.2, 0.25) is 0 Å². The van der Waals surface area contributed by atoms with Crippen LogP contribution in [0.5, 0.6) is 0 Å². The largest absolute Gasteiger partial charge is 0.367 e. The number of aliphatic hydroxyl groups is 1. The molecule has 45 heavy (non-hydrogen) atoms. The van der Waals surface area contributed by atoms with Gasteiger partial charge < -0.3 is 20.2 Å². The molecule has 236 valence electrons. The van der Waals surface area contributed by atoms with Crippen LogP contribution < -0.4 is 16.6 Å². The minimum atomic E-state index is -2.95. The molecule has 2 aromatic carbocycles. The van der Waals surface area contributed by atoms with Gasteiger partial charge in [-0.2, -0.15) is 5.26 Å². The predicted octanol–water partition coefficient (Wildman–Crippen LogP) is 4.25. The SMILES string of the molecule is CC(C)n1c(=O)n(CC2CC2(F)F)c(=O)c2cc(NC(=O)N3CCC[C@@H](N4C=Nc5cc(C#N)ccc5C4(C)O)C3)c(F)cc21.